The van der Waals surface area contributed by atoms with Crippen LogP contribution < -0.4 is 5.32 Å². The van der Waals surface area contributed by atoms with E-state index in [0.717, 1.165) is 13.0 Å². The highest BCUT2D eigenvalue weighted by Crippen LogP contribution is 2.21. The molecule has 5 nitrogen and oxygen atoms in total. The molecule has 0 aromatic heterocycles. The fraction of sp³-hybridized carbons (Fsp3) is 0.909. The molecule has 2 atom stereocenters. The zero-order chi connectivity index (χ0) is 12.0. The summed E-state index contributed by atoms with van der Waals surface area (Å²) in [7, 11) is 3.10. The molecule has 1 heterocycles. The van der Waals surface area contributed by atoms with Gasteiger partial charge in [0.15, 0.2) is 0 Å². The first-order valence-electron chi connectivity index (χ1n) is 5.55. The molecular formula is C11H21NO4. The topological polar surface area (TPSA) is 56.8 Å². The Balaban J connectivity index is 2.26. The van der Waals surface area contributed by atoms with Gasteiger partial charge in [-0.15, -0.1) is 0 Å². The Morgan fingerprint density at radius 2 is 2.31 bits per heavy atom. The highest BCUT2D eigenvalue weighted by molar-refractivity contribution is 5.71. The van der Waals surface area contributed by atoms with Crippen molar-refractivity contribution in [3.63, 3.8) is 0 Å². The van der Waals surface area contributed by atoms with Crippen LogP contribution >= 0.6 is 0 Å². The van der Waals surface area contributed by atoms with Gasteiger partial charge in [-0.1, -0.05) is 6.92 Å². The van der Waals surface area contributed by atoms with Gasteiger partial charge >= 0.3 is 5.97 Å². The van der Waals surface area contributed by atoms with Gasteiger partial charge in [-0.05, 0) is 0 Å². The van der Waals surface area contributed by atoms with Crippen molar-refractivity contribution < 1.29 is 19.0 Å². The molecule has 0 bridgehead atoms. The van der Waals surface area contributed by atoms with Crippen LogP contribution in [0.1, 0.15) is 13.3 Å². The number of rotatable bonds is 6. The number of methoxy groups -OCH3 is 2. The molecule has 16 heavy (non-hydrogen) atoms. The first kappa shape index (κ1) is 13.4. The van der Waals surface area contributed by atoms with Crippen LogP contribution in [0, 0.1) is 5.92 Å². The first-order chi connectivity index (χ1) is 7.63. The molecule has 0 aromatic carbocycles. The van der Waals surface area contributed by atoms with Gasteiger partial charge in [0, 0.05) is 33.2 Å². The van der Waals surface area contributed by atoms with Crippen molar-refractivity contribution in [1.82, 2.24) is 5.32 Å². The van der Waals surface area contributed by atoms with E-state index in [1.54, 1.807) is 7.11 Å². The van der Waals surface area contributed by atoms with Gasteiger partial charge < -0.3 is 19.5 Å². The fourth-order valence-corrected chi connectivity index (χ4v) is 1.76. The number of esters is 1. The Bertz CT molecular complexity index is 226. The molecule has 0 saturated carbocycles. The molecule has 0 amide bonds. The molecule has 1 fully saturated rings. The van der Waals surface area contributed by atoms with Gasteiger partial charge in [0.05, 0.1) is 19.6 Å². The van der Waals surface area contributed by atoms with Crippen LogP contribution in [-0.2, 0) is 19.0 Å². The van der Waals surface area contributed by atoms with E-state index in [-0.39, 0.29) is 17.5 Å². The lowest BCUT2D eigenvalue weighted by Gasteiger charge is -2.26. The Hall–Kier alpha value is -0.650. The first-order valence-corrected chi connectivity index (χ1v) is 5.55. The molecule has 5 heteroatoms. The summed E-state index contributed by atoms with van der Waals surface area (Å²) in [4.78, 5) is 11.2. The number of ether oxygens (including phenoxy) is 3. The van der Waals surface area contributed by atoms with Crippen molar-refractivity contribution in [2.45, 2.75) is 18.9 Å². The SMILES string of the molecule is COC(=O)C(C)CNCC1(OC)CCOC1. The minimum absolute atomic E-state index is 0.138. The third-order valence-corrected chi connectivity index (χ3v) is 3.00. The lowest BCUT2D eigenvalue weighted by Crippen LogP contribution is -2.44. The molecule has 1 N–H and O–H groups in total. The second-order valence-corrected chi connectivity index (χ2v) is 4.24. The van der Waals surface area contributed by atoms with E-state index in [9.17, 15) is 4.79 Å². The molecule has 1 saturated heterocycles. The second kappa shape index (κ2) is 6.18. The van der Waals surface area contributed by atoms with Gasteiger partial charge in [0.1, 0.15) is 5.60 Å². The van der Waals surface area contributed by atoms with Crippen molar-refractivity contribution in [2.24, 2.45) is 5.92 Å². The van der Waals surface area contributed by atoms with Crippen LogP contribution in [-0.4, -0.2) is 52.1 Å². The van der Waals surface area contributed by atoms with Gasteiger partial charge in [0.2, 0.25) is 0 Å². The smallest absolute Gasteiger partial charge is 0.309 e. The van der Waals surface area contributed by atoms with E-state index in [1.807, 2.05) is 6.92 Å². The Labute approximate surface area is 96.4 Å². The molecule has 0 radical (unpaired) electrons. The van der Waals surface area contributed by atoms with Crippen molar-refractivity contribution in [1.29, 1.82) is 0 Å². The summed E-state index contributed by atoms with van der Waals surface area (Å²) in [6.07, 6.45) is 0.892. The number of hydrogen-bond donors (Lipinski definition) is 1. The molecule has 0 aliphatic carbocycles. The summed E-state index contributed by atoms with van der Waals surface area (Å²) >= 11 is 0. The monoisotopic (exact) mass is 231 g/mol. The second-order valence-electron chi connectivity index (χ2n) is 4.24. The average molecular weight is 231 g/mol. The number of nitrogens with one attached hydrogen (secondary N) is 1. The summed E-state index contributed by atoms with van der Waals surface area (Å²) in [5.41, 5.74) is -0.226. The van der Waals surface area contributed by atoms with Crippen LogP contribution in [0.5, 0.6) is 0 Å². The average Bonchev–Trinajstić information content (AvgIpc) is 2.77. The van der Waals surface area contributed by atoms with Gasteiger partial charge in [-0.2, -0.15) is 0 Å². The summed E-state index contributed by atoms with van der Waals surface area (Å²) < 4.78 is 15.4. The molecule has 0 spiro atoms. The highest BCUT2D eigenvalue weighted by Gasteiger charge is 2.34. The Kier molecular flexibility index (Phi) is 5.18. The zero-order valence-electron chi connectivity index (χ0n) is 10.2. The summed E-state index contributed by atoms with van der Waals surface area (Å²) in [6.45, 7) is 4.48. The number of carbonyl (C=O) groups is 1. The van der Waals surface area contributed by atoms with Gasteiger partial charge in [0.25, 0.3) is 0 Å². The predicted molar refractivity (Wildman–Crippen MR) is 59.2 cm³/mol. The number of hydrogen-bond acceptors (Lipinski definition) is 5. The normalized spacial score (nSPS) is 26.7. The van der Waals surface area contributed by atoms with Crippen molar-refractivity contribution in [2.75, 3.05) is 40.5 Å². The van der Waals surface area contributed by atoms with Crippen LogP contribution in [0.25, 0.3) is 0 Å². The van der Waals surface area contributed by atoms with E-state index >= 15 is 0 Å². The molecule has 1 aliphatic rings. The Morgan fingerprint density at radius 3 is 2.81 bits per heavy atom. The molecule has 0 aromatic rings. The summed E-state index contributed by atoms with van der Waals surface area (Å²) in [6, 6.07) is 0. The predicted octanol–water partition coefficient (Wildman–Crippen LogP) is 0.191. The largest absolute Gasteiger partial charge is 0.469 e. The van der Waals surface area contributed by atoms with Crippen LogP contribution in [0.2, 0.25) is 0 Å². The maximum absolute atomic E-state index is 11.2. The maximum Gasteiger partial charge on any atom is 0.309 e. The third kappa shape index (κ3) is 3.43. The molecule has 1 aliphatic heterocycles. The highest BCUT2D eigenvalue weighted by atomic mass is 16.5. The van der Waals surface area contributed by atoms with E-state index in [1.165, 1.54) is 7.11 Å². The van der Waals surface area contributed by atoms with Crippen LogP contribution in [0.15, 0.2) is 0 Å². The lowest BCUT2D eigenvalue weighted by molar-refractivity contribution is -0.144. The zero-order valence-corrected chi connectivity index (χ0v) is 10.2. The van der Waals surface area contributed by atoms with E-state index in [0.29, 0.717) is 19.7 Å². The summed E-state index contributed by atoms with van der Waals surface area (Å²) in [5.74, 6) is -0.331. The Morgan fingerprint density at radius 1 is 1.56 bits per heavy atom. The quantitative estimate of drug-likeness (QED) is 0.661. The van der Waals surface area contributed by atoms with E-state index < -0.39 is 0 Å². The molecule has 94 valence electrons. The fourth-order valence-electron chi connectivity index (χ4n) is 1.76. The van der Waals surface area contributed by atoms with Crippen molar-refractivity contribution in [3.8, 4) is 0 Å². The standard InChI is InChI=1S/C11H21NO4/c1-9(10(13)14-2)6-12-7-11(15-3)4-5-16-8-11/h9,12H,4-8H2,1-3H3. The number of carbonyl (C=O) groups excluding carboxylic acids is 1. The van der Waals surface area contributed by atoms with Crippen molar-refractivity contribution >= 4 is 5.97 Å². The minimum atomic E-state index is -0.226. The van der Waals surface area contributed by atoms with Crippen molar-refractivity contribution in [3.05, 3.63) is 0 Å². The minimum Gasteiger partial charge on any atom is -0.469 e. The molecule has 2 unspecified atom stereocenters. The van der Waals surface area contributed by atoms with Crippen LogP contribution in [0.4, 0.5) is 0 Å². The van der Waals surface area contributed by atoms with E-state index in [2.05, 4.69) is 10.1 Å². The van der Waals surface area contributed by atoms with E-state index in [4.69, 9.17) is 9.47 Å². The summed E-state index contributed by atoms with van der Waals surface area (Å²) in [5, 5.41) is 3.23. The van der Waals surface area contributed by atoms with Gasteiger partial charge in [-0.3, -0.25) is 4.79 Å². The maximum atomic E-state index is 11.2. The lowest BCUT2D eigenvalue weighted by atomic mass is 10.0. The molecular weight excluding hydrogens is 210 g/mol. The third-order valence-electron chi connectivity index (χ3n) is 3.00. The van der Waals surface area contributed by atoms with Crippen LogP contribution in [0.3, 0.4) is 0 Å². The molecule has 1 rings (SSSR count). The van der Waals surface area contributed by atoms with Gasteiger partial charge in [-0.25, -0.2) is 0 Å².